The van der Waals surface area contributed by atoms with E-state index in [0.717, 1.165) is 0 Å². The highest BCUT2D eigenvalue weighted by Crippen LogP contribution is 2.13. The van der Waals surface area contributed by atoms with Crippen LogP contribution < -0.4 is 0 Å². The third-order valence-electron chi connectivity index (χ3n) is 2.75. The molecule has 0 saturated carbocycles. The lowest BCUT2D eigenvalue weighted by Crippen LogP contribution is -2.50. The Hall–Kier alpha value is -1.40. The number of nitrogens with zero attached hydrogens (tertiary/aromatic N) is 3. The Morgan fingerprint density at radius 1 is 1.65 bits per heavy atom. The molecule has 1 aromatic heterocycles. The summed E-state index contributed by atoms with van der Waals surface area (Å²) in [7, 11) is 1.77. The van der Waals surface area contributed by atoms with Crippen LogP contribution in [0, 0.1) is 0 Å². The van der Waals surface area contributed by atoms with Crippen molar-refractivity contribution in [3.8, 4) is 0 Å². The highest BCUT2D eigenvalue weighted by Gasteiger charge is 2.29. The van der Waals surface area contributed by atoms with Gasteiger partial charge in [0.15, 0.2) is 0 Å². The molecule has 17 heavy (non-hydrogen) atoms. The van der Waals surface area contributed by atoms with Gasteiger partial charge in [0.05, 0.1) is 18.8 Å². The predicted molar refractivity (Wildman–Crippen MR) is 60.5 cm³/mol. The van der Waals surface area contributed by atoms with Gasteiger partial charge in [0.25, 0.3) is 5.91 Å². The van der Waals surface area contributed by atoms with Gasteiger partial charge in [0.1, 0.15) is 5.69 Å². The number of aryl methyl sites for hydroxylation is 1. The van der Waals surface area contributed by atoms with Crippen LogP contribution in [0.4, 0.5) is 0 Å². The summed E-state index contributed by atoms with van der Waals surface area (Å²) in [6, 6.07) is 1.69. The number of carbonyl (C=O) groups is 1. The van der Waals surface area contributed by atoms with Crippen LogP contribution in [0.1, 0.15) is 17.4 Å². The molecule has 2 unspecified atom stereocenters. The zero-order chi connectivity index (χ0) is 12.4. The van der Waals surface area contributed by atoms with E-state index >= 15 is 0 Å². The second-order valence-electron chi connectivity index (χ2n) is 4.34. The maximum absolute atomic E-state index is 12.1. The van der Waals surface area contributed by atoms with Crippen LogP contribution in [-0.4, -0.2) is 57.6 Å². The summed E-state index contributed by atoms with van der Waals surface area (Å²) in [5.74, 6) is -0.112. The monoisotopic (exact) mass is 239 g/mol. The van der Waals surface area contributed by atoms with Gasteiger partial charge in [-0.25, -0.2) is 0 Å². The summed E-state index contributed by atoms with van der Waals surface area (Å²) < 4.78 is 7.09. The van der Waals surface area contributed by atoms with Gasteiger partial charge >= 0.3 is 0 Å². The molecular weight excluding hydrogens is 222 g/mol. The van der Waals surface area contributed by atoms with Gasteiger partial charge in [-0.05, 0) is 13.0 Å². The molecule has 1 amide bonds. The molecule has 0 aromatic carbocycles. The van der Waals surface area contributed by atoms with E-state index in [2.05, 4.69) is 5.10 Å². The van der Waals surface area contributed by atoms with Gasteiger partial charge in [-0.3, -0.25) is 9.48 Å². The molecule has 0 bridgehead atoms. The number of aliphatic hydroxyl groups excluding tert-OH is 1. The SMILES string of the molecule is CC1CN(C(=O)c2ccn(C)n2)CC(CO)O1. The number of morpholine rings is 1. The average molecular weight is 239 g/mol. The smallest absolute Gasteiger partial charge is 0.274 e. The number of ether oxygens (including phenoxy) is 1. The highest BCUT2D eigenvalue weighted by atomic mass is 16.5. The van der Waals surface area contributed by atoms with E-state index in [4.69, 9.17) is 9.84 Å². The predicted octanol–water partition coefficient (Wildman–Crippen LogP) is -0.358. The Balaban J connectivity index is 2.08. The zero-order valence-electron chi connectivity index (χ0n) is 10.0. The topological polar surface area (TPSA) is 67.6 Å². The third-order valence-corrected chi connectivity index (χ3v) is 2.75. The lowest BCUT2D eigenvalue weighted by atomic mass is 10.2. The first kappa shape index (κ1) is 12.1. The first-order valence-electron chi connectivity index (χ1n) is 5.65. The maximum atomic E-state index is 12.1. The lowest BCUT2D eigenvalue weighted by molar-refractivity contribution is -0.0859. The summed E-state index contributed by atoms with van der Waals surface area (Å²) in [5.41, 5.74) is 0.429. The minimum absolute atomic E-state index is 0.0615. The number of hydrogen-bond acceptors (Lipinski definition) is 4. The first-order valence-corrected chi connectivity index (χ1v) is 5.65. The Morgan fingerprint density at radius 2 is 2.41 bits per heavy atom. The van der Waals surface area contributed by atoms with Crippen molar-refractivity contribution in [3.63, 3.8) is 0 Å². The molecule has 6 nitrogen and oxygen atoms in total. The number of hydrogen-bond donors (Lipinski definition) is 1. The Bertz CT molecular complexity index is 404. The van der Waals surface area contributed by atoms with Gasteiger partial charge in [0, 0.05) is 26.3 Å². The summed E-state index contributed by atoms with van der Waals surface area (Å²) in [4.78, 5) is 13.8. The van der Waals surface area contributed by atoms with Crippen molar-refractivity contribution in [2.75, 3.05) is 19.7 Å². The first-order chi connectivity index (χ1) is 8.10. The van der Waals surface area contributed by atoms with Crippen LogP contribution >= 0.6 is 0 Å². The molecule has 0 aliphatic carbocycles. The fraction of sp³-hybridized carbons (Fsp3) is 0.636. The third kappa shape index (κ3) is 2.65. The number of aromatic nitrogens is 2. The van der Waals surface area contributed by atoms with E-state index in [1.807, 2.05) is 6.92 Å². The molecule has 1 aliphatic rings. The van der Waals surface area contributed by atoms with Crippen LogP contribution in [0.5, 0.6) is 0 Å². The molecule has 2 heterocycles. The summed E-state index contributed by atoms with van der Waals surface area (Å²) >= 11 is 0. The van der Waals surface area contributed by atoms with Crippen molar-refractivity contribution < 1.29 is 14.6 Å². The Kier molecular flexibility index (Phi) is 3.44. The number of amides is 1. The molecule has 2 rings (SSSR count). The molecule has 1 N–H and O–H groups in total. The number of carbonyl (C=O) groups excluding carboxylic acids is 1. The van der Waals surface area contributed by atoms with Crippen molar-refractivity contribution in [2.45, 2.75) is 19.1 Å². The van der Waals surface area contributed by atoms with Gasteiger partial charge in [0.2, 0.25) is 0 Å². The lowest BCUT2D eigenvalue weighted by Gasteiger charge is -2.35. The van der Waals surface area contributed by atoms with Crippen molar-refractivity contribution in [3.05, 3.63) is 18.0 Å². The van der Waals surface area contributed by atoms with Crippen LogP contribution in [0.25, 0.3) is 0 Å². The standard InChI is InChI=1S/C11H17N3O3/c1-8-5-14(6-9(7-15)17-8)11(16)10-3-4-13(2)12-10/h3-4,8-9,15H,5-7H2,1-2H3. The molecule has 2 atom stereocenters. The molecule has 0 radical (unpaired) electrons. The largest absolute Gasteiger partial charge is 0.394 e. The summed E-state index contributed by atoms with van der Waals surface area (Å²) in [6.45, 7) is 2.76. The second-order valence-corrected chi connectivity index (χ2v) is 4.34. The van der Waals surface area contributed by atoms with E-state index in [1.54, 1.807) is 28.9 Å². The van der Waals surface area contributed by atoms with Crippen LogP contribution in [0.2, 0.25) is 0 Å². The van der Waals surface area contributed by atoms with Gasteiger partial charge < -0.3 is 14.7 Å². The van der Waals surface area contributed by atoms with Gasteiger partial charge in [-0.1, -0.05) is 0 Å². The molecule has 0 spiro atoms. The second kappa shape index (κ2) is 4.85. The van der Waals surface area contributed by atoms with Crippen LogP contribution in [0.3, 0.4) is 0 Å². The van der Waals surface area contributed by atoms with Gasteiger partial charge in [-0.15, -0.1) is 0 Å². The quantitative estimate of drug-likeness (QED) is 0.765. The van der Waals surface area contributed by atoms with Crippen LogP contribution in [-0.2, 0) is 11.8 Å². The van der Waals surface area contributed by atoms with E-state index < -0.39 is 0 Å². The van der Waals surface area contributed by atoms with E-state index in [-0.39, 0.29) is 24.7 Å². The number of aliphatic hydroxyl groups is 1. The fourth-order valence-electron chi connectivity index (χ4n) is 2.00. The Morgan fingerprint density at radius 3 is 3.00 bits per heavy atom. The van der Waals surface area contributed by atoms with E-state index in [1.165, 1.54) is 0 Å². The molecular formula is C11H17N3O3. The number of rotatable bonds is 2. The molecule has 94 valence electrons. The maximum Gasteiger partial charge on any atom is 0.274 e. The zero-order valence-corrected chi connectivity index (χ0v) is 10.0. The normalized spacial score (nSPS) is 25.0. The van der Waals surface area contributed by atoms with Crippen molar-refractivity contribution >= 4 is 5.91 Å². The fourth-order valence-corrected chi connectivity index (χ4v) is 2.00. The van der Waals surface area contributed by atoms with Crippen molar-refractivity contribution in [2.24, 2.45) is 7.05 Å². The molecule has 1 aromatic rings. The molecule has 1 aliphatic heterocycles. The molecule has 1 fully saturated rings. The summed E-state index contributed by atoms with van der Waals surface area (Å²) in [6.07, 6.45) is 1.38. The average Bonchev–Trinajstić information content (AvgIpc) is 2.74. The van der Waals surface area contributed by atoms with Gasteiger partial charge in [-0.2, -0.15) is 5.10 Å². The van der Waals surface area contributed by atoms with Crippen molar-refractivity contribution in [1.82, 2.24) is 14.7 Å². The van der Waals surface area contributed by atoms with Crippen LogP contribution in [0.15, 0.2) is 12.3 Å². The molecule has 1 saturated heterocycles. The minimum Gasteiger partial charge on any atom is -0.394 e. The minimum atomic E-state index is -0.300. The molecule has 6 heteroatoms. The van der Waals surface area contributed by atoms with E-state index in [9.17, 15) is 4.79 Å². The van der Waals surface area contributed by atoms with E-state index in [0.29, 0.717) is 18.8 Å². The highest BCUT2D eigenvalue weighted by molar-refractivity contribution is 5.92. The Labute approximate surface area is 99.8 Å². The van der Waals surface area contributed by atoms with Crippen molar-refractivity contribution in [1.29, 1.82) is 0 Å². The summed E-state index contributed by atoms with van der Waals surface area (Å²) in [5, 5.41) is 13.2.